The second-order valence-corrected chi connectivity index (χ2v) is 4.61. The second-order valence-electron chi connectivity index (χ2n) is 4.61. The molecule has 0 amide bonds. The second kappa shape index (κ2) is 9.99. The lowest BCUT2D eigenvalue weighted by Gasteiger charge is -2.07. The third-order valence-electron chi connectivity index (χ3n) is 2.88. The topological polar surface area (TPSA) is 102 Å². The summed E-state index contributed by atoms with van der Waals surface area (Å²) >= 11 is 0. The van der Waals surface area contributed by atoms with Crippen LogP contribution in [0.15, 0.2) is 43.0 Å². The van der Waals surface area contributed by atoms with E-state index in [2.05, 4.69) is 28.6 Å². The number of hydrogen-bond acceptors (Lipinski definition) is 4. The van der Waals surface area contributed by atoms with Crippen molar-refractivity contribution >= 4 is 11.9 Å². The third kappa shape index (κ3) is 7.66. The number of aryl methyl sites for hydroxylation is 2. The van der Waals surface area contributed by atoms with Crippen LogP contribution in [0, 0.1) is 0 Å². The summed E-state index contributed by atoms with van der Waals surface area (Å²) in [5, 5.41) is 14.8. The molecular weight excluding hydrogens is 300 g/mol. The van der Waals surface area contributed by atoms with Crippen molar-refractivity contribution in [2.24, 2.45) is 0 Å². The van der Waals surface area contributed by atoms with Crippen molar-refractivity contribution in [3.8, 4) is 5.75 Å². The zero-order valence-corrected chi connectivity index (χ0v) is 12.9. The summed E-state index contributed by atoms with van der Waals surface area (Å²) in [6.45, 7) is 3.84. The first-order chi connectivity index (χ1) is 11.0. The summed E-state index contributed by atoms with van der Waals surface area (Å²) in [6.07, 6.45) is 7.64. The van der Waals surface area contributed by atoms with E-state index in [-0.39, 0.29) is 0 Å². The lowest BCUT2D eigenvalue weighted by Crippen LogP contribution is -2.09. The molecule has 23 heavy (non-hydrogen) atoms. The van der Waals surface area contributed by atoms with Crippen molar-refractivity contribution < 1.29 is 24.5 Å². The summed E-state index contributed by atoms with van der Waals surface area (Å²) in [6, 6.07) is 8.29. The molecule has 0 aliphatic carbocycles. The highest BCUT2D eigenvalue weighted by molar-refractivity contribution is 6.27. The molecule has 7 heteroatoms. The first-order valence-corrected chi connectivity index (χ1v) is 7.16. The number of ether oxygens (including phenoxy) is 1. The Hall–Kier alpha value is -2.83. The largest absolute Gasteiger partial charge is 0.494 e. The van der Waals surface area contributed by atoms with Crippen molar-refractivity contribution in [1.29, 1.82) is 0 Å². The predicted molar refractivity (Wildman–Crippen MR) is 83.4 cm³/mol. The van der Waals surface area contributed by atoms with Crippen LogP contribution >= 0.6 is 0 Å². The molecule has 1 heterocycles. The number of benzene rings is 1. The fourth-order valence-corrected chi connectivity index (χ4v) is 1.71. The maximum atomic E-state index is 9.10. The molecule has 0 atom stereocenters. The van der Waals surface area contributed by atoms with Crippen LogP contribution in [0.5, 0.6) is 5.75 Å². The summed E-state index contributed by atoms with van der Waals surface area (Å²) in [4.78, 5) is 22.2. The zero-order chi connectivity index (χ0) is 17.1. The number of carboxylic acids is 2. The molecule has 0 bridgehead atoms. The predicted octanol–water partition coefficient (Wildman–Crippen LogP) is 2.07. The number of nitrogens with zero attached hydrogens (tertiary/aromatic N) is 2. The SMILES string of the molecule is CCc1cccc(OCCCn2ccnc2)c1.O=C(O)C(=O)O. The number of hydrogen-bond donors (Lipinski definition) is 2. The molecule has 2 rings (SSSR count). The van der Waals surface area contributed by atoms with Gasteiger partial charge in [0.25, 0.3) is 0 Å². The standard InChI is InChI=1S/C14H18N2O.C2H2O4/c1-2-13-5-3-6-14(11-13)17-10-4-8-16-9-7-15-12-16;3-1(4)2(5)6/h3,5-7,9,11-12H,2,4,8,10H2,1H3;(H,3,4)(H,5,6). The molecule has 7 nitrogen and oxygen atoms in total. The van der Waals surface area contributed by atoms with Gasteiger partial charge in [0.1, 0.15) is 5.75 Å². The number of imidazole rings is 1. The monoisotopic (exact) mass is 320 g/mol. The molecule has 2 N–H and O–H groups in total. The van der Waals surface area contributed by atoms with E-state index in [1.807, 2.05) is 24.7 Å². The van der Waals surface area contributed by atoms with Gasteiger partial charge in [-0.2, -0.15) is 0 Å². The number of carboxylic acid groups (broad SMARTS) is 2. The van der Waals surface area contributed by atoms with E-state index in [9.17, 15) is 0 Å². The van der Waals surface area contributed by atoms with Crippen LogP contribution in [0.2, 0.25) is 0 Å². The zero-order valence-electron chi connectivity index (χ0n) is 12.9. The van der Waals surface area contributed by atoms with Gasteiger partial charge < -0.3 is 19.5 Å². The van der Waals surface area contributed by atoms with Crippen LogP contribution in [-0.2, 0) is 22.6 Å². The smallest absolute Gasteiger partial charge is 0.414 e. The van der Waals surface area contributed by atoms with Crippen molar-refractivity contribution in [2.75, 3.05) is 6.61 Å². The van der Waals surface area contributed by atoms with Crippen molar-refractivity contribution in [2.45, 2.75) is 26.3 Å². The maximum Gasteiger partial charge on any atom is 0.414 e. The first-order valence-electron chi connectivity index (χ1n) is 7.16. The minimum Gasteiger partial charge on any atom is -0.494 e. The number of aromatic nitrogens is 2. The number of carbonyl (C=O) groups is 2. The van der Waals surface area contributed by atoms with Gasteiger partial charge in [0, 0.05) is 18.9 Å². The molecule has 0 saturated carbocycles. The van der Waals surface area contributed by atoms with Gasteiger partial charge in [-0.25, -0.2) is 14.6 Å². The average Bonchev–Trinajstić information content (AvgIpc) is 3.05. The van der Waals surface area contributed by atoms with Crippen LogP contribution < -0.4 is 4.74 Å². The molecular formula is C16H20N2O5. The Morgan fingerprint density at radius 1 is 1.26 bits per heavy atom. The van der Waals surface area contributed by atoms with Gasteiger partial charge in [-0.15, -0.1) is 0 Å². The summed E-state index contributed by atoms with van der Waals surface area (Å²) in [7, 11) is 0. The molecule has 1 aromatic heterocycles. The molecule has 124 valence electrons. The van der Waals surface area contributed by atoms with E-state index >= 15 is 0 Å². The molecule has 0 aliphatic heterocycles. The van der Waals surface area contributed by atoms with Gasteiger partial charge in [-0.3, -0.25) is 0 Å². The Balaban J connectivity index is 0.000000379. The number of rotatable bonds is 6. The van der Waals surface area contributed by atoms with Gasteiger partial charge in [0.05, 0.1) is 12.9 Å². The summed E-state index contributed by atoms with van der Waals surface area (Å²) < 4.78 is 7.77. The minimum absolute atomic E-state index is 0.741. The lowest BCUT2D eigenvalue weighted by molar-refractivity contribution is -0.159. The third-order valence-corrected chi connectivity index (χ3v) is 2.88. The molecule has 0 saturated heterocycles. The highest BCUT2D eigenvalue weighted by Crippen LogP contribution is 2.13. The van der Waals surface area contributed by atoms with Crippen LogP contribution in [0.25, 0.3) is 0 Å². The van der Waals surface area contributed by atoms with Gasteiger partial charge in [0.2, 0.25) is 0 Å². The normalized spacial score (nSPS) is 9.61. The molecule has 2 aromatic rings. The highest BCUT2D eigenvalue weighted by atomic mass is 16.5. The van der Waals surface area contributed by atoms with E-state index < -0.39 is 11.9 Å². The van der Waals surface area contributed by atoms with Crippen molar-refractivity contribution in [3.63, 3.8) is 0 Å². The van der Waals surface area contributed by atoms with Gasteiger partial charge >= 0.3 is 11.9 Å². The maximum absolute atomic E-state index is 9.10. The summed E-state index contributed by atoms with van der Waals surface area (Å²) in [5.41, 5.74) is 1.32. The Morgan fingerprint density at radius 2 is 2.00 bits per heavy atom. The van der Waals surface area contributed by atoms with E-state index in [0.29, 0.717) is 0 Å². The Kier molecular flexibility index (Phi) is 7.91. The number of aliphatic carboxylic acids is 2. The molecule has 0 aliphatic rings. The summed E-state index contributed by atoms with van der Waals surface area (Å²) in [5.74, 6) is -2.68. The van der Waals surface area contributed by atoms with Gasteiger partial charge in [0.15, 0.2) is 0 Å². The average molecular weight is 320 g/mol. The lowest BCUT2D eigenvalue weighted by atomic mass is 10.2. The van der Waals surface area contributed by atoms with Crippen LogP contribution in [0.3, 0.4) is 0 Å². The Morgan fingerprint density at radius 3 is 2.57 bits per heavy atom. The fourth-order valence-electron chi connectivity index (χ4n) is 1.71. The van der Waals surface area contributed by atoms with E-state index in [0.717, 1.165) is 31.7 Å². The van der Waals surface area contributed by atoms with E-state index in [1.165, 1.54) is 5.56 Å². The van der Waals surface area contributed by atoms with E-state index in [1.54, 1.807) is 6.20 Å². The molecule has 0 spiro atoms. The molecule has 0 radical (unpaired) electrons. The van der Waals surface area contributed by atoms with Crippen LogP contribution in [-0.4, -0.2) is 38.3 Å². The van der Waals surface area contributed by atoms with Gasteiger partial charge in [-0.1, -0.05) is 19.1 Å². The fraction of sp³-hybridized carbons (Fsp3) is 0.312. The Labute approximate surface area is 134 Å². The first kappa shape index (κ1) is 18.2. The quantitative estimate of drug-likeness (QED) is 0.624. The molecule has 0 unspecified atom stereocenters. The van der Waals surface area contributed by atoms with Gasteiger partial charge in [-0.05, 0) is 30.5 Å². The van der Waals surface area contributed by atoms with Crippen LogP contribution in [0.1, 0.15) is 18.9 Å². The van der Waals surface area contributed by atoms with E-state index in [4.69, 9.17) is 24.5 Å². The highest BCUT2D eigenvalue weighted by Gasteiger charge is 2.04. The van der Waals surface area contributed by atoms with Crippen molar-refractivity contribution in [3.05, 3.63) is 48.5 Å². The minimum atomic E-state index is -1.82. The molecule has 1 aromatic carbocycles. The van der Waals surface area contributed by atoms with Crippen LogP contribution in [0.4, 0.5) is 0 Å². The van der Waals surface area contributed by atoms with Crippen molar-refractivity contribution in [1.82, 2.24) is 9.55 Å². The molecule has 0 fully saturated rings. The Bertz CT molecular complexity index is 599.